The van der Waals surface area contributed by atoms with Crippen LogP contribution in [0.1, 0.15) is 0 Å². The van der Waals surface area contributed by atoms with Crippen molar-refractivity contribution in [2.75, 3.05) is 13.7 Å². The van der Waals surface area contributed by atoms with Crippen LogP contribution in [0.5, 0.6) is 0 Å². The van der Waals surface area contributed by atoms with Crippen molar-refractivity contribution in [3.63, 3.8) is 0 Å². The molecule has 1 aliphatic heterocycles. The number of hydrogen-bond donors (Lipinski definition) is 3. The molecule has 1 aromatic carbocycles. The molecule has 0 bridgehead atoms. The molecule has 0 aromatic heterocycles. The first-order valence-electron chi connectivity index (χ1n) is 6.74. The topological polar surface area (TPSA) is 123 Å². The number of methoxy groups -OCH3 is 1. The predicted molar refractivity (Wildman–Crippen MR) is 83.3 cm³/mol. The van der Waals surface area contributed by atoms with E-state index >= 15 is 0 Å². The van der Waals surface area contributed by atoms with Crippen molar-refractivity contribution in [2.24, 2.45) is 0 Å². The number of aliphatic hydroxyl groups excluding tert-OH is 3. The number of hydrogen-bond acceptors (Lipinski definition) is 8. The summed E-state index contributed by atoms with van der Waals surface area (Å²) in [5.74, 6) is 0. The molecule has 0 unspecified atom stereocenters. The van der Waals surface area contributed by atoms with E-state index in [4.69, 9.17) is 42.0 Å². The summed E-state index contributed by atoms with van der Waals surface area (Å²) in [5.41, 5.74) is 0. The Morgan fingerprint density at radius 3 is 2.25 bits per heavy atom. The van der Waals surface area contributed by atoms with E-state index < -0.39 is 47.4 Å². The monoisotopic (exact) mass is 402 g/mol. The van der Waals surface area contributed by atoms with E-state index in [0.29, 0.717) is 0 Å². The fourth-order valence-electron chi connectivity index (χ4n) is 2.22. The predicted octanol–water partition coefficient (Wildman–Crippen LogP) is 0.153. The molecule has 1 heterocycles. The summed E-state index contributed by atoms with van der Waals surface area (Å²) in [6.07, 6.45) is -7.27. The van der Waals surface area contributed by atoms with Gasteiger partial charge in [0.1, 0.15) is 18.3 Å². The van der Waals surface area contributed by atoms with Crippen LogP contribution in [0.4, 0.5) is 0 Å². The molecule has 0 radical (unpaired) electrons. The lowest BCUT2D eigenvalue weighted by molar-refractivity contribution is -0.288. The number of aliphatic hydroxyl groups is 3. The molecule has 0 aliphatic carbocycles. The molecule has 8 nitrogen and oxygen atoms in total. The van der Waals surface area contributed by atoms with Gasteiger partial charge in [0.15, 0.2) is 12.4 Å². The SMILES string of the molecule is CO[C@H]1O[C@H](CO)[C@@H](O)[C@H](O)[C@H]1OS(=O)(=O)c1cc(Cl)cc(Cl)c1. The molecule has 2 rings (SSSR count). The molecule has 136 valence electrons. The van der Waals surface area contributed by atoms with Crippen LogP contribution >= 0.6 is 23.2 Å². The Morgan fingerprint density at radius 1 is 1.17 bits per heavy atom. The minimum atomic E-state index is -4.39. The van der Waals surface area contributed by atoms with E-state index in [1.807, 2.05) is 0 Å². The summed E-state index contributed by atoms with van der Waals surface area (Å²) in [6, 6.07) is 3.58. The smallest absolute Gasteiger partial charge is 0.297 e. The van der Waals surface area contributed by atoms with Gasteiger partial charge in [-0.05, 0) is 18.2 Å². The van der Waals surface area contributed by atoms with Crippen molar-refractivity contribution < 1.29 is 37.4 Å². The zero-order valence-corrected chi connectivity index (χ0v) is 14.7. The van der Waals surface area contributed by atoms with Crippen LogP contribution in [-0.2, 0) is 23.8 Å². The highest BCUT2D eigenvalue weighted by Gasteiger charge is 2.47. The van der Waals surface area contributed by atoms with Gasteiger partial charge in [0.25, 0.3) is 10.1 Å². The Labute approximate surface area is 148 Å². The minimum Gasteiger partial charge on any atom is -0.394 e. The maximum absolute atomic E-state index is 12.4. The third kappa shape index (κ3) is 4.18. The van der Waals surface area contributed by atoms with Gasteiger partial charge in [-0.1, -0.05) is 23.2 Å². The molecule has 0 saturated carbocycles. The third-order valence-electron chi connectivity index (χ3n) is 3.42. The first-order chi connectivity index (χ1) is 11.2. The Bertz CT molecular complexity index is 660. The summed E-state index contributed by atoms with van der Waals surface area (Å²) >= 11 is 11.5. The zero-order chi connectivity index (χ0) is 18.1. The molecule has 1 saturated heterocycles. The highest BCUT2D eigenvalue weighted by Crippen LogP contribution is 2.29. The van der Waals surface area contributed by atoms with Gasteiger partial charge in [-0.25, -0.2) is 0 Å². The van der Waals surface area contributed by atoms with E-state index in [2.05, 4.69) is 0 Å². The van der Waals surface area contributed by atoms with Crippen LogP contribution in [0, 0.1) is 0 Å². The molecule has 0 spiro atoms. The van der Waals surface area contributed by atoms with E-state index in [9.17, 15) is 18.6 Å². The number of halogens is 2. The van der Waals surface area contributed by atoms with Gasteiger partial charge in [-0.15, -0.1) is 0 Å². The molecule has 1 aromatic rings. The lowest BCUT2D eigenvalue weighted by Gasteiger charge is -2.40. The fourth-order valence-corrected chi connectivity index (χ4v) is 4.03. The Kier molecular flexibility index (Phi) is 6.46. The van der Waals surface area contributed by atoms with E-state index in [1.165, 1.54) is 13.2 Å². The normalized spacial score (nSPS) is 31.2. The second-order valence-corrected chi connectivity index (χ2v) is 7.51. The highest BCUT2D eigenvalue weighted by atomic mass is 35.5. The van der Waals surface area contributed by atoms with Crippen molar-refractivity contribution in [1.29, 1.82) is 0 Å². The van der Waals surface area contributed by atoms with Gasteiger partial charge >= 0.3 is 0 Å². The van der Waals surface area contributed by atoms with Crippen molar-refractivity contribution in [2.45, 2.75) is 35.6 Å². The standard InChI is InChI=1S/C13H16Cl2O8S/c1-21-13-12(11(18)10(17)9(5-16)22-13)23-24(19,20)8-3-6(14)2-7(15)4-8/h2-4,9-13,16-18H,5H2,1H3/t9-,10-,11+,12-,13+/m1/s1. The first kappa shape index (κ1) is 19.8. The van der Waals surface area contributed by atoms with Crippen molar-refractivity contribution >= 4 is 33.3 Å². The van der Waals surface area contributed by atoms with E-state index in [1.54, 1.807) is 0 Å². The second kappa shape index (κ2) is 7.81. The third-order valence-corrected chi connectivity index (χ3v) is 5.14. The Morgan fingerprint density at radius 2 is 1.75 bits per heavy atom. The summed E-state index contributed by atoms with van der Waals surface area (Å²) < 4.78 is 39.8. The first-order valence-corrected chi connectivity index (χ1v) is 8.90. The van der Waals surface area contributed by atoms with Gasteiger partial charge in [-0.3, -0.25) is 4.18 Å². The summed E-state index contributed by atoms with van der Waals surface area (Å²) in [6.45, 7) is -0.596. The van der Waals surface area contributed by atoms with Crippen LogP contribution in [0.25, 0.3) is 0 Å². The van der Waals surface area contributed by atoms with Crippen molar-refractivity contribution in [3.8, 4) is 0 Å². The summed E-state index contributed by atoms with van der Waals surface area (Å²) in [5, 5.41) is 29.2. The molecule has 24 heavy (non-hydrogen) atoms. The van der Waals surface area contributed by atoms with Crippen LogP contribution in [0.2, 0.25) is 10.0 Å². The number of benzene rings is 1. The molecule has 5 atom stereocenters. The average Bonchev–Trinajstić information content (AvgIpc) is 2.51. The summed E-state index contributed by atoms with van der Waals surface area (Å²) in [7, 11) is -3.19. The lowest BCUT2D eigenvalue weighted by atomic mass is 9.99. The quantitative estimate of drug-likeness (QED) is 0.594. The Hall–Kier alpha value is -0.490. The van der Waals surface area contributed by atoms with Crippen LogP contribution in [0.15, 0.2) is 23.1 Å². The second-order valence-electron chi connectivity index (χ2n) is 5.06. The molecule has 0 amide bonds. The molecular weight excluding hydrogens is 387 g/mol. The van der Waals surface area contributed by atoms with Gasteiger partial charge < -0.3 is 24.8 Å². The van der Waals surface area contributed by atoms with E-state index in [0.717, 1.165) is 12.1 Å². The minimum absolute atomic E-state index is 0.0776. The lowest BCUT2D eigenvalue weighted by Crippen LogP contribution is -2.60. The largest absolute Gasteiger partial charge is 0.394 e. The molecule has 1 fully saturated rings. The van der Waals surface area contributed by atoms with Gasteiger partial charge in [0.05, 0.1) is 11.5 Å². The van der Waals surface area contributed by atoms with Gasteiger partial charge in [0.2, 0.25) is 0 Å². The molecule has 3 N–H and O–H groups in total. The maximum atomic E-state index is 12.4. The van der Waals surface area contributed by atoms with Crippen LogP contribution < -0.4 is 0 Å². The summed E-state index contributed by atoms with van der Waals surface area (Å²) in [4.78, 5) is -0.333. The maximum Gasteiger partial charge on any atom is 0.297 e. The number of rotatable bonds is 5. The van der Waals surface area contributed by atoms with E-state index in [-0.39, 0.29) is 14.9 Å². The van der Waals surface area contributed by atoms with Gasteiger partial charge in [-0.2, -0.15) is 8.42 Å². The average molecular weight is 403 g/mol. The Balaban J connectivity index is 2.29. The van der Waals surface area contributed by atoms with Crippen molar-refractivity contribution in [3.05, 3.63) is 28.2 Å². The van der Waals surface area contributed by atoms with Gasteiger partial charge in [0, 0.05) is 17.2 Å². The fraction of sp³-hybridized carbons (Fsp3) is 0.538. The zero-order valence-electron chi connectivity index (χ0n) is 12.4. The van der Waals surface area contributed by atoms with Crippen LogP contribution in [0.3, 0.4) is 0 Å². The number of ether oxygens (including phenoxy) is 2. The highest BCUT2D eigenvalue weighted by molar-refractivity contribution is 7.86. The van der Waals surface area contributed by atoms with Crippen molar-refractivity contribution in [1.82, 2.24) is 0 Å². The molecule has 11 heteroatoms. The van der Waals surface area contributed by atoms with Crippen LogP contribution in [-0.4, -0.2) is 68.2 Å². The molecular formula is C13H16Cl2O8S. The molecule has 1 aliphatic rings.